The molecule has 2 atom stereocenters. The normalized spacial score (nSPS) is 43.0. The van der Waals surface area contributed by atoms with Crippen molar-refractivity contribution < 1.29 is 4.39 Å². The lowest BCUT2D eigenvalue weighted by Gasteiger charge is -1.76. The standard InChI is InChI=1S/C5H9F/c1-2-4-3-5(4)6/h4-5H,2-3H2,1H3. The zero-order valence-corrected chi connectivity index (χ0v) is 3.95. The van der Waals surface area contributed by atoms with E-state index in [4.69, 9.17) is 0 Å². The Balaban J connectivity index is 2.09. The Labute approximate surface area is 37.4 Å². The molecule has 1 aliphatic rings. The third kappa shape index (κ3) is 0.537. The van der Waals surface area contributed by atoms with E-state index in [9.17, 15) is 4.39 Å². The van der Waals surface area contributed by atoms with Crippen LogP contribution in [0, 0.1) is 5.92 Å². The van der Waals surface area contributed by atoms with E-state index in [1.807, 2.05) is 6.92 Å². The lowest BCUT2D eigenvalue weighted by Crippen LogP contribution is -1.72. The zero-order valence-electron chi connectivity index (χ0n) is 3.95. The first kappa shape index (κ1) is 4.10. The summed E-state index contributed by atoms with van der Waals surface area (Å²) in [7, 11) is 0. The summed E-state index contributed by atoms with van der Waals surface area (Å²) in [6, 6.07) is 0. The Morgan fingerprint density at radius 1 is 1.83 bits per heavy atom. The highest BCUT2D eigenvalue weighted by Crippen LogP contribution is 2.35. The van der Waals surface area contributed by atoms with Gasteiger partial charge in [-0.25, -0.2) is 4.39 Å². The Hall–Kier alpha value is -0.0700. The van der Waals surface area contributed by atoms with Crippen LogP contribution < -0.4 is 0 Å². The van der Waals surface area contributed by atoms with Gasteiger partial charge in [-0.1, -0.05) is 13.3 Å². The fraction of sp³-hybridized carbons (Fsp3) is 1.00. The molecule has 36 valence electrons. The maximum absolute atomic E-state index is 11.8. The van der Waals surface area contributed by atoms with Gasteiger partial charge in [-0.3, -0.25) is 0 Å². The fourth-order valence-electron chi connectivity index (χ4n) is 0.633. The van der Waals surface area contributed by atoms with Crippen LogP contribution in [0.4, 0.5) is 4.39 Å². The molecule has 0 aromatic rings. The number of hydrogen-bond donors (Lipinski definition) is 0. The van der Waals surface area contributed by atoms with Crippen molar-refractivity contribution in [2.24, 2.45) is 5.92 Å². The Morgan fingerprint density at radius 3 is 2.33 bits per heavy atom. The molecule has 1 fully saturated rings. The molecule has 0 nitrogen and oxygen atoms in total. The SMILES string of the molecule is CCC1CC1F. The minimum atomic E-state index is -0.435. The molecule has 6 heavy (non-hydrogen) atoms. The lowest BCUT2D eigenvalue weighted by molar-refractivity contribution is 0.442. The van der Waals surface area contributed by atoms with E-state index in [1.165, 1.54) is 0 Å². The number of rotatable bonds is 1. The Bertz CT molecular complexity index is 49.9. The van der Waals surface area contributed by atoms with E-state index < -0.39 is 6.17 Å². The summed E-state index contributed by atoms with van der Waals surface area (Å²) >= 11 is 0. The largest absolute Gasteiger partial charge is 0.247 e. The highest BCUT2D eigenvalue weighted by molar-refractivity contribution is 4.84. The van der Waals surface area contributed by atoms with Crippen molar-refractivity contribution in [2.45, 2.75) is 25.9 Å². The first-order valence-corrected chi connectivity index (χ1v) is 2.48. The Kier molecular flexibility index (Phi) is 0.827. The van der Waals surface area contributed by atoms with Crippen LogP contribution in [0.5, 0.6) is 0 Å². The molecular formula is C5H9F. The first-order chi connectivity index (χ1) is 2.84. The predicted octanol–water partition coefficient (Wildman–Crippen LogP) is 1.75. The van der Waals surface area contributed by atoms with Gasteiger partial charge in [0.05, 0.1) is 0 Å². The number of alkyl halides is 1. The van der Waals surface area contributed by atoms with Crippen molar-refractivity contribution in [3.8, 4) is 0 Å². The summed E-state index contributed by atoms with van der Waals surface area (Å²) in [4.78, 5) is 0. The smallest absolute Gasteiger partial charge is 0.103 e. The second-order valence-corrected chi connectivity index (χ2v) is 1.92. The third-order valence-electron chi connectivity index (χ3n) is 1.36. The molecule has 0 aromatic carbocycles. The van der Waals surface area contributed by atoms with Crippen LogP contribution >= 0.6 is 0 Å². The van der Waals surface area contributed by atoms with Gasteiger partial charge < -0.3 is 0 Å². The van der Waals surface area contributed by atoms with E-state index in [0.717, 1.165) is 12.8 Å². The first-order valence-electron chi connectivity index (χ1n) is 2.48. The van der Waals surface area contributed by atoms with Gasteiger partial charge in [0, 0.05) is 0 Å². The molecule has 0 saturated heterocycles. The third-order valence-corrected chi connectivity index (χ3v) is 1.36. The van der Waals surface area contributed by atoms with Crippen LogP contribution in [0.1, 0.15) is 19.8 Å². The monoisotopic (exact) mass is 88.1 g/mol. The second-order valence-electron chi connectivity index (χ2n) is 1.92. The molecule has 0 amide bonds. The summed E-state index contributed by atoms with van der Waals surface area (Å²) in [5, 5.41) is 0. The van der Waals surface area contributed by atoms with Crippen molar-refractivity contribution >= 4 is 0 Å². The number of halogens is 1. The average molecular weight is 88.1 g/mol. The molecule has 0 spiro atoms. The van der Waals surface area contributed by atoms with E-state index in [-0.39, 0.29) is 0 Å². The highest BCUT2D eigenvalue weighted by atomic mass is 19.1. The molecule has 0 aromatic heterocycles. The van der Waals surface area contributed by atoms with Crippen LogP contribution in [0.15, 0.2) is 0 Å². The lowest BCUT2D eigenvalue weighted by atomic mass is 10.3. The number of hydrogen-bond acceptors (Lipinski definition) is 0. The van der Waals surface area contributed by atoms with Gasteiger partial charge in [-0.15, -0.1) is 0 Å². The van der Waals surface area contributed by atoms with Crippen LogP contribution in [0.3, 0.4) is 0 Å². The van der Waals surface area contributed by atoms with E-state index in [1.54, 1.807) is 0 Å². The minimum Gasteiger partial charge on any atom is -0.247 e. The van der Waals surface area contributed by atoms with E-state index in [0.29, 0.717) is 5.92 Å². The van der Waals surface area contributed by atoms with Crippen LogP contribution in [0.25, 0.3) is 0 Å². The molecule has 0 heterocycles. The van der Waals surface area contributed by atoms with E-state index in [2.05, 4.69) is 0 Å². The predicted molar refractivity (Wildman–Crippen MR) is 23.3 cm³/mol. The summed E-state index contributed by atoms with van der Waals surface area (Å²) < 4.78 is 11.8. The maximum Gasteiger partial charge on any atom is 0.103 e. The molecule has 2 unspecified atom stereocenters. The molecule has 1 aliphatic carbocycles. The quantitative estimate of drug-likeness (QED) is 0.458. The van der Waals surface area contributed by atoms with Crippen LogP contribution in [-0.2, 0) is 0 Å². The van der Waals surface area contributed by atoms with Crippen molar-refractivity contribution in [3.63, 3.8) is 0 Å². The molecule has 0 aliphatic heterocycles. The summed E-state index contributed by atoms with van der Waals surface area (Å²) in [5.41, 5.74) is 0. The van der Waals surface area contributed by atoms with E-state index >= 15 is 0 Å². The Morgan fingerprint density at radius 2 is 2.33 bits per heavy atom. The molecule has 0 radical (unpaired) electrons. The van der Waals surface area contributed by atoms with Crippen LogP contribution in [-0.4, -0.2) is 6.17 Å². The van der Waals surface area contributed by atoms with Gasteiger partial charge in [0.2, 0.25) is 0 Å². The molecule has 0 bridgehead atoms. The molecule has 1 saturated carbocycles. The van der Waals surface area contributed by atoms with Crippen molar-refractivity contribution in [2.75, 3.05) is 0 Å². The van der Waals surface area contributed by atoms with Crippen molar-refractivity contribution in [1.29, 1.82) is 0 Å². The second kappa shape index (κ2) is 1.21. The zero-order chi connectivity index (χ0) is 4.57. The average Bonchev–Trinajstić information content (AvgIpc) is 2.19. The highest BCUT2D eigenvalue weighted by Gasteiger charge is 2.34. The van der Waals surface area contributed by atoms with Gasteiger partial charge in [0.15, 0.2) is 0 Å². The van der Waals surface area contributed by atoms with Crippen molar-refractivity contribution in [3.05, 3.63) is 0 Å². The topological polar surface area (TPSA) is 0 Å². The van der Waals surface area contributed by atoms with Gasteiger partial charge in [0.1, 0.15) is 6.17 Å². The molecule has 1 rings (SSSR count). The summed E-state index contributed by atoms with van der Waals surface area (Å²) in [6.45, 7) is 2.03. The molecule has 1 heteroatoms. The van der Waals surface area contributed by atoms with Crippen LogP contribution in [0.2, 0.25) is 0 Å². The minimum absolute atomic E-state index is 0.435. The van der Waals surface area contributed by atoms with Gasteiger partial charge in [0.25, 0.3) is 0 Å². The molecular weight excluding hydrogens is 79.1 g/mol. The van der Waals surface area contributed by atoms with Gasteiger partial charge in [-0.2, -0.15) is 0 Å². The van der Waals surface area contributed by atoms with Crippen molar-refractivity contribution in [1.82, 2.24) is 0 Å². The maximum atomic E-state index is 11.8. The van der Waals surface area contributed by atoms with Gasteiger partial charge in [-0.05, 0) is 12.3 Å². The summed E-state index contributed by atoms with van der Waals surface area (Å²) in [6.07, 6.45) is 1.42. The van der Waals surface area contributed by atoms with Gasteiger partial charge >= 0.3 is 0 Å². The molecule has 0 N–H and O–H groups in total. The fourth-order valence-corrected chi connectivity index (χ4v) is 0.633. The summed E-state index contributed by atoms with van der Waals surface area (Å²) in [5.74, 6) is 0.435.